The molecule has 0 bridgehead atoms. The summed E-state index contributed by atoms with van der Waals surface area (Å²) in [5.74, 6) is -3.16. The second kappa shape index (κ2) is 3.87. The first-order valence-electron chi connectivity index (χ1n) is 5.30. The van der Waals surface area contributed by atoms with Crippen LogP contribution in [0.5, 0.6) is 0 Å². The van der Waals surface area contributed by atoms with Crippen molar-refractivity contribution in [2.45, 2.75) is 26.1 Å². The Balaban J connectivity index is 2.11. The van der Waals surface area contributed by atoms with E-state index in [9.17, 15) is 9.59 Å². The number of esters is 2. The van der Waals surface area contributed by atoms with Gasteiger partial charge in [-0.3, -0.25) is 14.3 Å². The van der Waals surface area contributed by atoms with E-state index in [0.29, 0.717) is 0 Å². The highest BCUT2D eigenvalue weighted by atomic mass is 16.7. The Bertz CT molecular complexity index is 444. The van der Waals surface area contributed by atoms with Crippen LogP contribution in [-0.4, -0.2) is 27.5 Å². The molecule has 0 spiro atoms. The minimum absolute atomic E-state index is 0.252. The zero-order valence-corrected chi connectivity index (χ0v) is 9.97. The SMILES string of the molecule is Cn1cc(CC2C(=O)OC(C)(C)OC2=O)cn1. The topological polar surface area (TPSA) is 70.4 Å². The van der Waals surface area contributed by atoms with Crippen molar-refractivity contribution in [3.8, 4) is 0 Å². The van der Waals surface area contributed by atoms with E-state index in [1.807, 2.05) is 0 Å². The molecular weight excluding hydrogens is 224 g/mol. The second-order valence-electron chi connectivity index (χ2n) is 4.52. The summed E-state index contributed by atoms with van der Waals surface area (Å²) in [5, 5.41) is 3.97. The van der Waals surface area contributed by atoms with E-state index in [1.54, 1.807) is 24.1 Å². The number of aromatic nitrogens is 2. The highest BCUT2D eigenvalue weighted by molar-refractivity contribution is 5.96. The number of hydrogen-bond donors (Lipinski definition) is 0. The molecule has 1 saturated heterocycles. The first-order chi connectivity index (χ1) is 7.87. The maximum atomic E-state index is 11.7. The van der Waals surface area contributed by atoms with Gasteiger partial charge < -0.3 is 9.47 Å². The molecule has 1 aromatic heterocycles. The summed E-state index contributed by atoms with van der Waals surface area (Å²) in [6.45, 7) is 3.06. The van der Waals surface area contributed by atoms with Crippen LogP contribution in [0, 0.1) is 5.92 Å². The van der Waals surface area contributed by atoms with Crippen LogP contribution in [-0.2, 0) is 32.5 Å². The molecule has 1 aliphatic heterocycles. The van der Waals surface area contributed by atoms with Gasteiger partial charge >= 0.3 is 11.9 Å². The molecule has 0 radical (unpaired) electrons. The minimum Gasteiger partial charge on any atom is -0.422 e. The molecule has 0 unspecified atom stereocenters. The first-order valence-corrected chi connectivity index (χ1v) is 5.30. The van der Waals surface area contributed by atoms with Crippen molar-refractivity contribution in [3.05, 3.63) is 18.0 Å². The lowest BCUT2D eigenvalue weighted by Gasteiger charge is -2.32. The van der Waals surface area contributed by atoms with Crippen molar-refractivity contribution in [2.75, 3.05) is 0 Å². The van der Waals surface area contributed by atoms with Crippen molar-refractivity contribution in [1.29, 1.82) is 0 Å². The van der Waals surface area contributed by atoms with Crippen LogP contribution in [0.25, 0.3) is 0 Å². The van der Waals surface area contributed by atoms with Gasteiger partial charge in [0.05, 0.1) is 6.20 Å². The monoisotopic (exact) mass is 238 g/mol. The van der Waals surface area contributed by atoms with Crippen LogP contribution in [0.2, 0.25) is 0 Å². The average Bonchev–Trinajstić information content (AvgIpc) is 2.56. The van der Waals surface area contributed by atoms with Crippen LogP contribution in [0.1, 0.15) is 19.4 Å². The Morgan fingerprint density at radius 2 is 1.94 bits per heavy atom. The van der Waals surface area contributed by atoms with E-state index in [1.165, 1.54) is 13.8 Å². The molecule has 0 aliphatic carbocycles. The smallest absolute Gasteiger partial charge is 0.323 e. The van der Waals surface area contributed by atoms with Gasteiger partial charge in [0.25, 0.3) is 5.79 Å². The number of nitrogens with zero attached hydrogens (tertiary/aromatic N) is 2. The van der Waals surface area contributed by atoms with E-state index in [0.717, 1.165) is 5.56 Å². The Hall–Kier alpha value is -1.85. The molecule has 1 aliphatic rings. The van der Waals surface area contributed by atoms with Gasteiger partial charge in [0.15, 0.2) is 5.92 Å². The zero-order chi connectivity index (χ0) is 12.6. The molecule has 6 heteroatoms. The van der Waals surface area contributed by atoms with Gasteiger partial charge in [0, 0.05) is 27.1 Å². The summed E-state index contributed by atoms with van der Waals surface area (Å²) in [7, 11) is 1.77. The normalized spacial score (nSPS) is 19.9. The predicted molar refractivity (Wildman–Crippen MR) is 56.7 cm³/mol. The average molecular weight is 238 g/mol. The molecule has 2 rings (SSSR count). The Kier molecular flexibility index (Phi) is 2.65. The summed E-state index contributed by atoms with van der Waals surface area (Å²) >= 11 is 0. The highest BCUT2D eigenvalue weighted by Gasteiger charge is 2.43. The lowest BCUT2D eigenvalue weighted by Crippen LogP contribution is -2.46. The molecule has 1 fully saturated rings. The van der Waals surface area contributed by atoms with Crippen molar-refractivity contribution in [2.24, 2.45) is 13.0 Å². The quantitative estimate of drug-likeness (QED) is 0.551. The summed E-state index contributed by atoms with van der Waals surface area (Å²) in [6.07, 6.45) is 3.61. The number of rotatable bonds is 2. The predicted octanol–water partition coefficient (Wildman–Crippen LogP) is 0.415. The first kappa shape index (κ1) is 11.6. The Morgan fingerprint density at radius 1 is 1.35 bits per heavy atom. The van der Waals surface area contributed by atoms with Gasteiger partial charge in [0.1, 0.15) is 0 Å². The largest absolute Gasteiger partial charge is 0.422 e. The van der Waals surface area contributed by atoms with Crippen LogP contribution >= 0.6 is 0 Å². The molecule has 0 aromatic carbocycles. The van der Waals surface area contributed by atoms with E-state index in [-0.39, 0.29) is 6.42 Å². The lowest BCUT2D eigenvalue weighted by molar-refractivity contribution is -0.239. The number of cyclic esters (lactones) is 2. The molecule has 17 heavy (non-hydrogen) atoms. The van der Waals surface area contributed by atoms with Crippen LogP contribution in [0.15, 0.2) is 12.4 Å². The fourth-order valence-corrected chi connectivity index (χ4v) is 1.72. The van der Waals surface area contributed by atoms with Gasteiger partial charge in [0.2, 0.25) is 0 Å². The van der Waals surface area contributed by atoms with Gasteiger partial charge in [-0.05, 0) is 12.0 Å². The van der Waals surface area contributed by atoms with Gasteiger partial charge in [-0.25, -0.2) is 0 Å². The lowest BCUT2D eigenvalue weighted by atomic mass is 10.0. The number of ether oxygens (including phenoxy) is 2. The molecule has 1 aromatic rings. The molecular formula is C11H14N2O4. The molecule has 0 N–H and O–H groups in total. The second-order valence-corrected chi connectivity index (χ2v) is 4.52. The van der Waals surface area contributed by atoms with Gasteiger partial charge in [-0.2, -0.15) is 5.10 Å². The Morgan fingerprint density at radius 3 is 2.41 bits per heavy atom. The van der Waals surface area contributed by atoms with E-state index >= 15 is 0 Å². The fraction of sp³-hybridized carbons (Fsp3) is 0.545. The van der Waals surface area contributed by atoms with E-state index in [2.05, 4.69) is 5.10 Å². The zero-order valence-electron chi connectivity index (χ0n) is 9.97. The maximum absolute atomic E-state index is 11.7. The Labute approximate surface area is 98.5 Å². The maximum Gasteiger partial charge on any atom is 0.323 e. The van der Waals surface area contributed by atoms with Crippen molar-refractivity contribution >= 4 is 11.9 Å². The molecule has 2 heterocycles. The number of carbonyl (C=O) groups excluding carboxylic acids is 2. The number of carbonyl (C=O) groups is 2. The number of hydrogen-bond acceptors (Lipinski definition) is 5. The molecule has 0 amide bonds. The molecule has 6 nitrogen and oxygen atoms in total. The van der Waals surface area contributed by atoms with Crippen molar-refractivity contribution in [1.82, 2.24) is 9.78 Å². The molecule has 92 valence electrons. The summed E-state index contributed by atoms with van der Waals surface area (Å²) in [6, 6.07) is 0. The summed E-state index contributed by atoms with van der Waals surface area (Å²) in [5.41, 5.74) is 0.797. The molecule has 0 atom stereocenters. The summed E-state index contributed by atoms with van der Waals surface area (Å²) in [4.78, 5) is 23.4. The summed E-state index contributed by atoms with van der Waals surface area (Å²) < 4.78 is 11.7. The van der Waals surface area contributed by atoms with Gasteiger partial charge in [-0.1, -0.05) is 0 Å². The van der Waals surface area contributed by atoms with Gasteiger partial charge in [-0.15, -0.1) is 0 Å². The minimum atomic E-state index is -1.17. The number of aryl methyl sites for hydroxylation is 1. The van der Waals surface area contributed by atoms with Crippen molar-refractivity contribution < 1.29 is 19.1 Å². The van der Waals surface area contributed by atoms with E-state index < -0.39 is 23.6 Å². The third kappa shape index (κ3) is 2.46. The molecule has 0 saturated carbocycles. The third-order valence-corrected chi connectivity index (χ3v) is 2.46. The van der Waals surface area contributed by atoms with Crippen molar-refractivity contribution in [3.63, 3.8) is 0 Å². The fourth-order valence-electron chi connectivity index (χ4n) is 1.72. The third-order valence-electron chi connectivity index (χ3n) is 2.46. The standard InChI is InChI=1S/C11H14N2O4/c1-11(2)16-9(14)8(10(15)17-11)4-7-5-12-13(3)6-7/h5-6,8H,4H2,1-3H3. The van der Waals surface area contributed by atoms with Crippen LogP contribution < -0.4 is 0 Å². The van der Waals surface area contributed by atoms with E-state index in [4.69, 9.17) is 9.47 Å². The van der Waals surface area contributed by atoms with Crippen LogP contribution in [0.4, 0.5) is 0 Å². The van der Waals surface area contributed by atoms with Crippen LogP contribution in [0.3, 0.4) is 0 Å². The highest BCUT2D eigenvalue weighted by Crippen LogP contribution is 2.25.